The maximum absolute atomic E-state index is 11.5. The van der Waals surface area contributed by atoms with Crippen molar-refractivity contribution in [2.24, 2.45) is 0 Å². The molecule has 0 aliphatic heterocycles. The van der Waals surface area contributed by atoms with E-state index in [4.69, 9.17) is 5.11 Å². The van der Waals surface area contributed by atoms with Gasteiger partial charge < -0.3 is 5.11 Å². The fraction of sp³-hybridized carbons (Fsp3) is 0.667. The Bertz CT molecular complexity index is 211. The maximum atomic E-state index is 11.5. The summed E-state index contributed by atoms with van der Waals surface area (Å²) in [5.41, 5.74) is 0. The molecule has 60 valence electrons. The van der Waals surface area contributed by atoms with Crippen LogP contribution in [0.25, 0.3) is 0 Å². The van der Waals surface area contributed by atoms with Crippen LogP contribution in [0.1, 0.15) is 6.42 Å². The molecule has 0 radical (unpaired) electrons. The first-order valence-corrected chi connectivity index (χ1v) is 3.71. The van der Waals surface area contributed by atoms with Gasteiger partial charge >= 0.3 is 16.4 Å². The number of nitrogens with one attached hydrogen (secondary N) is 1. The fourth-order valence-electron chi connectivity index (χ4n) is 0.280. The molecule has 0 rings (SSSR count). The van der Waals surface area contributed by atoms with Crippen molar-refractivity contribution in [1.82, 2.24) is 4.72 Å². The normalized spacial score (nSPS) is 11.3. The molecule has 0 spiro atoms. The first-order valence-electron chi connectivity index (χ1n) is 2.33. The number of carboxylic acid groups (broad SMARTS) is 1. The van der Waals surface area contributed by atoms with Gasteiger partial charge in [0.2, 0.25) is 0 Å². The summed E-state index contributed by atoms with van der Waals surface area (Å²) in [5.74, 6) is -1.18. The van der Waals surface area contributed by atoms with E-state index in [2.05, 4.69) is 0 Å². The van der Waals surface area contributed by atoms with Gasteiger partial charge in [-0.15, -0.1) is 0 Å². The number of hydrogen-bond donors (Lipinski definition) is 2. The Morgan fingerprint density at radius 2 is 2.10 bits per heavy atom. The molecule has 0 aromatic carbocycles. The second-order valence-electron chi connectivity index (χ2n) is 1.48. The van der Waals surface area contributed by atoms with E-state index < -0.39 is 29.3 Å². The van der Waals surface area contributed by atoms with Crippen LogP contribution in [0.4, 0.5) is 3.89 Å². The van der Waals surface area contributed by atoms with E-state index in [1.165, 1.54) is 4.72 Å². The summed E-state index contributed by atoms with van der Waals surface area (Å²) in [5, 5.41) is 7.95. The van der Waals surface area contributed by atoms with Crippen molar-refractivity contribution in [1.29, 1.82) is 0 Å². The van der Waals surface area contributed by atoms with Gasteiger partial charge in [0.25, 0.3) is 0 Å². The lowest BCUT2D eigenvalue weighted by molar-refractivity contribution is -0.136. The molecule has 2 N–H and O–H groups in total. The Balaban J connectivity index is 3.49. The van der Waals surface area contributed by atoms with Crippen LogP contribution >= 0.6 is 0 Å². The fourth-order valence-corrected chi connectivity index (χ4v) is 0.626. The van der Waals surface area contributed by atoms with Crippen LogP contribution in [-0.4, -0.2) is 26.0 Å². The van der Waals surface area contributed by atoms with Crippen LogP contribution in [0.5, 0.6) is 0 Å². The highest BCUT2D eigenvalue weighted by atomic mass is 32.3. The van der Waals surface area contributed by atoms with Gasteiger partial charge in [-0.3, -0.25) is 4.79 Å². The van der Waals surface area contributed by atoms with Crippen LogP contribution in [0.3, 0.4) is 0 Å². The van der Waals surface area contributed by atoms with E-state index in [0.717, 1.165) is 0 Å². The van der Waals surface area contributed by atoms with Gasteiger partial charge in [-0.05, 0) is 0 Å². The molecule has 0 aromatic heterocycles. The van der Waals surface area contributed by atoms with Gasteiger partial charge in [-0.2, -0.15) is 13.1 Å². The highest BCUT2D eigenvalue weighted by Gasteiger charge is 2.05. The molecule has 0 aliphatic carbocycles. The first kappa shape index (κ1) is 9.31. The predicted octanol–water partition coefficient (Wildman–Crippen LogP) is -0.735. The van der Waals surface area contributed by atoms with Crippen LogP contribution in [0.2, 0.25) is 0 Å². The number of halogens is 1. The zero-order valence-corrected chi connectivity index (χ0v) is 5.69. The monoisotopic (exact) mass is 171 g/mol. The van der Waals surface area contributed by atoms with Crippen molar-refractivity contribution >= 4 is 16.4 Å². The molecule has 10 heavy (non-hydrogen) atoms. The van der Waals surface area contributed by atoms with E-state index in [0.29, 0.717) is 0 Å². The van der Waals surface area contributed by atoms with Crippen molar-refractivity contribution in [3.05, 3.63) is 0 Å². The van der Waals surface area contributed by atoms with Gasteiger partial charge in [0.05, 0.1) is 6.42 Å². The molecule has 0 amide bonds. The highest BCUT2D eigenvalue weighted by Crippen LogP contribution is 1.83. The largest absolute Gasteiger partial charge is 0.481 e. The molecule has 0 atom stereocenters. The zero-order valence-electron chi connectivity index (χ0n) is 4.87. The summed E-state index contributed by atoms with van der Waals surface area (Å²) < 4.78 is 32.2. The number of aliphatic carboxylic acids is 1. The van der Waals surface area contributed by atoms with Crippen LogP contribution in [0, 0.1) is 0 Å². The Hall–Kier alpha value is -0.690. The minimum Gasteiger partial charge on any atom is -0.481 e. The smallest absolute Gasteiger partial charge is 0.372 e. The maximum Gasteiger partial charge on any atom is 0.372 e. The minimum atomic E-state index is -4.73. The third-order valence-corrected chi connectivity index (χ3v) is 1.16. The number of hydrogen-bond acceptors (Lipinski definition) is 3. The first-order chi connectivity index (χ1) is 4.42. The van der Waals surface area contributed by atoms with Crippen LogP contribution in [0.15, 0.2) is 0 Å². The predicted molar refractivity (Wildman–Crippen MR) is 30.3 cm³/mol. The van der Waals surface area contributed by atoms with E-state index in [1.807, 2.05) is 0 Å². The van der Waals surface area contributed by atoms with Gasteiger partial charge in [-0.1, -0.05) is 3.89 Å². The summed E-state index contributed by atoms with van der Waals surface area (Å²) in [7, 11) is -4.73. The van der Waals surface area contributed by atoms with Crippen LogP contribution < -0.4 is 4.72 Å². The van der Waals surface area contributed by atoms with Gasteiger partial charge in [0.15, 0.2) is 0 Å². The van der Waals surface area contributed by atoms with Crippen LogP contribution in [-0.2, 0) is 15.2 Å². The molecule has 7 heteroatoms. The molecule has 0 saturated carbocycles. The Kier molecular flexibility index (Phi) is 3.23. The molecule has 0 saturated heterocycles. The van der Waals surface area contributed by atoms with Gasteiger partial charge in [0, 0.05) is 6.54 Å². The van der Waals surface area contributed by atoms with E-state index >= 15 is 0 Å². The SMILES string of the molecule is O=C(O)CCNS(=O)(=O)F. The quantitative estimate of drug-likeness (QED) is 0.546. The molecule has 0 aromatic rings. The van der Waals surface area contributed by atoms with E-state index in [-0.39, 0.29) is 0 Å². The molecule has 5 nitrogen and oxygen atoms in total. The summed E-state index contributed by atoms with van der Waals surface area (Å²) in [6.07, 6.45) is -0.427. The molecule has 0 heterocycles. The second-order valence-corrected chi connectivity index (χ2v) is 2.64. The lowest BCUT2D eigenvalue weighted by Gasteiger charge is -1.93. The van der Waals surface area contributed by atoms with Crippen molar-refractivity contribution in [3.8, 4) is 0 Å². The lowest BCUT2D eigenvalue weighted by atomic mass is 10.5. The molecular formula is C3H6FNO4S. The number of carboxylic acids is 1. The number of carbonyl (C=O) groups is 1. The van der Waals surface area contributed by atoms with Crippen molar-refractivity contribution < 1.29 is 22.2 Å². The van der Waals surface area contributed by atoms with Gasteiger partial charge in [-0.25, -0.2) is 0 Å². The summed E-state index contributed by atoms with van der Waals surface area (Å²) >= 11 is 0. The Morgan fingerprint density at radius 3 is 2.40 bits per heavy atom. The van der Waals surface area contributed by atoms with Gasteiger partial charge in [0.1, 0.15) is 0 Å². The molecule has 0 bridgehead atoms. The topological polar surface area (TPSA) is 83.5 Å². The van der Waals surface area contributed by atoms with Crippen molar-refractivity contribution in [2.75, 3.05) is 6.54 Å². The zero-order chi connectivity index (χ0) is 8.20. The van der Waals surface area contributed by atoms with Crippen molar-refractivity contribution in [3.63, 3.8) is 0 Å². The minimum absolute atomic E-state index is 0.422. The molecule has 0 unspecified atom stereocenters. The Morgan fingerprint density at radius 1 is 1.60 bits per heavy atom. The highest BCUT2D eigenvalue weighted by molar-refractivity contribution is 7.84. The van der Waals surface area contributed by atoms with E-state index in [9.17, 15) is 17.1 Å². The third-order valence-electron chi connectivity index (χ3n) is 0.613. The molecule has 0 aliphatic rings. The Labute approximate surface area is 57.2 Å². The van der Waals surface area contributed by atoms with E-state index in [1.54, 1.807) is 0 Å². The summed E-state index contributed by atoms with van der Waals surface area (Å²) in [6.45, 7) is -0.422. The lowest BCUT2D eigenvalue weighted by Crippen LogP contribution is -2.22. The molecule has 0 fully saturated rings. The average Bonchev–Trinajstić information content (AvgIpc) is 1.59. The standard InChI is InChI=1S/C3H6FNO4S/c4-10(8,9)5-2-1-3(6)7/h5H,1-2H2,(H,6,7). The summed E-state index contributed by atoms with van der Waals surface area (Å²) in [6, 6.07) is 0. The second kappa shape index (κ2) is 3.47. The number of rotatable bonds is 4. The molecular weight excluding hydrogens is 165 g/mol. The third kappa shape index (κ3) is 7.31. The average molecular weight is 171 g/mol. The summed E-state index contributed by atoms with van der Waals surface area (Å²) in [4.78, 5) is 9.73. The van der Waals surface area contributed by atoms with Crippen molar-refractivity contribution in [2.45, 2.75) is 6.42 Å².